The van der Waals surface area contributed by atoms with Crippen molar-refractivity contribution in [1.29, 1.82) is 0 Å². The van der Waals surface area contributed by atoms with E-state index in [1.165, 1.54) is 4.90 Å². The van der Waals surface area contributed by atoms with E-state index >= 15 is 0 Å². The Morgan fingerprint density at radius 1 is 1.07 bits per heavy atom. The second-order valence-electron chi connectivity index (χ2n) is 7.51. The number of nitrogens with zero attached hydrogens (tertiary/aromatic N) is 1. The summed E-state index contributed by atoms with van der Waals surface area (Å²) in [7, 11) is 0. The molecule has 154 valence electrons. The Balaban J connectivity index is 1.74. The van der Waals surface area contributed by atoms with E-state index in [9.17, 15) is 19.5 Å². The average molecular weight is 405 g/mol. The van der Waals surface area contributed by atoms with E-state index in [4.69, 9.17) is 4.74 Å². The Morgan fingerprint density at radius 3 is 2.30 bits per heavy atom. The third kappa shape index (κ3) is 3.38. The van der Waals surface area contributed by atoms with E-state index in [1.807, 2.05) is 30.3 Å². The van der Waals surface area contributed by atoms with Gasteiger partial charge in [-0.2, -0.15) is 0 Å². The lowest BCUT2D eigenvalue weighted by molar-refractivity contribution is -0.122. The number of Topliss-reactive ketones (excluding diaryl/α,β-unsaturated/α-hetero) is 1. The van der Waals surface area contributed by atoms with Gasteiger partial charge >= 0.3 is 5.97 Å². The van der Waals surface area contributed by atoms with Crippen LogP contribution in [0.4, 0.5) is 5.69 Å². The molecule has 1 amide bonds. The van der Waals surface area contributed by atoms with Gasteiger partial charge in [-0.3, -0.25) is 14.5 Å². The van der Waals surface area contributed by atoms with Crippen LogP contribution in [0.1, 0.15) is 48.1 Å². The van der Waals surface area contributed by atoms with Crippen molar-refractivity contribution in [3.8, 4) is 0 Å². The highest BCUT2D eigenvalue weighted by Gasteiger charge is 2.46. The van der Waals surface area contributed by atoms with Crippen molar-refractivity contribution in [2.75, 3.05) is 11.5 Å². The Labute approximate surface area is 174 Å². The van der Waals surface area contributed by atoms with Crippen molar-refractivity contribution in [3.63, 3.8) is 0 Å². The summed E-state index contributed by atoms with van der Waals surface area (Å²) in [4.78, 5) is 39.5. The molecule has 0 saturated heterocycles. The molecule has 1 aliphatic carbocycles. The maximum atomic E-state index is 13.1. The van der Waals surface area contributed by atoms with Crippen LogP contribution in [0.15, 0.2) is 65.9 Å². The van der Waals surface area contributed by atoms with E-state index in [0.29, 0.717) is 11.3 Å². The first-order chi connectivity index (χ1) is 14.5. The molecule has 1 saturated carbocycles. The molecule has 0 spiro atoms. The second-order valence-corrected chi connectivity index (χ2v) is 7.51. The molecule has 2 aromatic carbocycles. The van der Waals surface area contributed by atoms with Crippen LogP contribution in [0.3, 0.4) is 0 Å². The van der Waals surface area contributed by atoms with Gasteiger partial charge in [-0.15, -0.1) is 0 Å². The lowest BCUT2D eigenvalue weighted by atomic mass is 9.77. The van der Waals surface area contributed by atoms with Crippen LogP contribution >= 0.6 is 0 Å². The fraction of sp³-hybridized carbons (Fsp3) is 0.292. The molecule has 2 aromatic rings. The van der Waals surface area contributed by atoms with Crippen LogP contribution in [-0.2, 0) is 14.3 Å². The summed E-state index contributed by atoms with van der Waals surface area (Å²) in [5.41, 5.74) is 1.76. The molecule has 2 aliphatic rings. The Hall–Kier alpha value is -3.41. The summed E-state index contributed by atoms with van der Waals surface area (Å²) in [6.07, 6.45) is 2.53. The molecule has 0 radical (unpaired) electrons. The zero-order chi connectivity index (χ0) is 21.3. The molecule has 1 N–H and O–H groups in total. The maximum absolute atomic E-state index is 13.1. The SMILES string of the molecule is CCOC(=O)c1ccc(N2C(=O)C(O)=C(C(=O)C3CCC3)C2c2ccccc2)cc1. The van der Waals surface area contributed by atoms with Crippen LogP contribution in [-0.4, -0.2) is 29.4 Å². The van der Waals surface area contributed by atoms with Crippen LogP contribution in [0.2, 0.25) is 0 Å². The number of ether oxygens (including phenoxy) is 1. The predicted octanol–water partition coefficient (Wildman–Crippen LogP) is 4.13. The quantitative estimate of drug-likeness (QED) is 0.731. The van der Waals surface area contributed by atoms with Gasteiger partial charge in [0.15, 0.2) is 11.5 Å². The predicted molar refractivity (Wildman–Crippen MR) is 111 cm³/mol. The number of esters is 1. The van der Waals surface area contributed by atoms with E-state index in [0.717, 1.165) is 24.8 Å². The van der Waals surface area contributed by atoms with Crippen LogP contribution in [0, 0.1) is 5.92 Å². The first kappa shape index (κ1) is 19.9. The monoisotopic (exact) mass is 405 g/mol. The van der Waals surface area contributed by atoms with Crippen molar-refractivity contribution in [2.24, 2.45) is 5.92 Å². The smallest absolute Gasteiger partial charge is 0.338 e. The van der Waals surface area contributed by atoms with Gasteiger partial charge in [0.25, 0.3) is 5.91 Å². The number of amides is 1. The minimum atomic E-state index is -0.708. The number of carbonyl (C=O) groups excluding carboxylic acids is 3. The molecule has 1 fully saturated rings. The highest BCUT2D eigenvalue weighted by molar-refractivity contribution is 6.17. The minimum Gasteiger partial charge on any atom is -0.503 e. The fourth-order valence-corrected chi connectivity index (χ4v) is 3.94. The summed E-state index contributed by atoms with van der Waals surface area (Å²) in [5.74, 6) is -1.86. The number of benzene rings is 2. The van der Waals surface area contributed by atoms with Crippen LogP contribution in [0.25, 0.3) is 0 Å². The summed E-state index contributed by atoms with van der Waals surface area (Å²) in [5, 5.41) is 10.7. The highest BCUT2D eigenvalue weighted by atomic mass is 16.5. The van der Waals surface area contributed by atoms with Crippen molar-refractivity contribution >= 4 is 23.3 Å². The normalized spacial score (nSPS) is 19.0. The molecule has 4 rings (SSSR count). The number of hydrogen-bond donors (Lipinski definition) is 1. The number of ketones is 1. The lowest BCUT2D eigenvalue weighted by Crippen LogP contribution is -2.32. The van der Waals surface area contributed by atoms with E-state index in [1.54, 1.807) is 31.2 Å². The number of anilines is 1. The molecular weight excluding hydrogens is 382 g/mol. The zero-order valence-corrected chi connectivity index (χ0v) is 16.7. The van der Waals surface area contributed by atoms with Gasteiger partial charge in [-0.25, -0.2) is 4.79 Å². The molecule has 30 heavy (non-hydrogen) atoms. The molecule has 1 heterocycles. The summed E-state index contributed by atoms with van der Waals surface area (Å²) in [6, 6.07) is 14.9. The van der Waals surface area contributed by atoms with Crippen molar-refractivity contribution in [1.82, 2.24) is 0 Å². The van der Waals surface area contributed by atoms with Gasteiger partial charge < -0.3 is 9.84 Å². The van der Waals surface area contributed by atoms with Gasteiger partial charge in [0.2, 0.25) is 0 Å². The molecular formula is C24H23NO5. The summed E-state index contributed by atoms with van der Waals surface area (Å²) >= 11 is 0. The summed E-state index contributed by atoms with van der Waals surface area (Å²) < 4.78 is 5.00. The number of rotatable bonds is 6. The maximum Gasteiger partial charge on any atom is 0.338 e. The van der Waals surface area contributed by atoms with Gasteiger partial charge in [0.1, 0.15) is 0 Å². The molecule has 6 heteroatoms. The molecule has 0 aromatic heterocycles. The molecule has 0 bridgehead atoms. The van der Waals surface area contributed by atoms with Gasteiger partial charge in [0, 0.05) is 11.6 Å². The van der Waals surface area contributed by atoms with Gasteiger partial charge in [-0.1, -0.05) is 36.8 Å². The summed E-state index contributed by atoms with van der Waals surface area (Å²) in [6.45, 7) is 2.00. The van der Waals surface area contributed by atoms with E-state index in [-0.39, 0.29) is 23.9 Å². The largest absolute Gasteiger partial charge is 0.503 e. The first-order valence-corrected chi connectivity index (χ1v) is 10.2. The molecule has 1 aliphatic heterocycles. The van der Waals surface area contributed by atoms with Crippen LogP contribution in [0.5, 0.6) is 0 Å². The second kappa shape index (κ2) is 8.14. The minimum absolute atomic E-state index is 0.146. The molecule has 1 atom stereocenters. The number of aliphatic hydroxyl groups excluding tert-OH is 1. The van der Waals surface area contributed by atoms with Crippen LogP contribution < -0.4 is 4.90 Å². The Bertz CT molecular complexity index is 1010. The Morgan fingerprint density at radius 2 is 1.73 bits per heavy atom. The third-order valence-corrected chi connectivity index (χ3v) is 5.72. The average Bonchev–Trinajstić information content (AvgIpc) is 2.98. The molecule has 6 nitrogen and oxygen atoms in total. The standard InChI is InChI=1S/C24H23NO5/c1-2-30-24(29)17-11-13-18(14-12-17)25-20(15-7-4-3-5-8-15)19(22(27)23(25)28)21(26)16-9-6-10-16/h3-5,7-8,11-14,16,20,27H,2,6,9-10H2,1H3. The van der Waals surface area contributed by atoms with Crippen molar-refractivity contribution in [3.05, 3.63) is 77.1 Å². The van der Waals surface area contributed by atoms with Crippen molar-refractivity contribution in [2.45, 2.75) is 32.2 Å². The zero-order valence-electron chi connectivity index (χ0n) is 16.7. The number of carbonyl (C=O) groups is 3. The number of hydrogen-bond acceptors (Lipinski definition) is 5. The van der Waals surface area contributed by atoms with E-state index < -0.39 is 23.7 Å². The van der Waals surface area contributed by atoms with E-state index in [2.05, 4.69) is 0 Å². The van der Waals surface area contributed by atoms with Gasteiger partial charge in [0.05, 0.1) is 23.8 Å². The van der Waals surface area contributed by atoms with Crippen molar-refractivity contribution < 1.29 is 24.2 Å². The molecule has 1 unspecified atom stereocenters. The Kier molecular flexibility index (Phi) is 5.40. The topological polar surface area (TPSA) is 83.9 Å². The number of aliphatic hydroxyl groups is 1. The third-order valence-electron chi connectivity index (χ3n) is 5.72. The highest BCUT2D eigenvalue weighted by Crippen LogP contribution is 2.44. The fourth-order valence-electron chi connectivity index (χ4n) is 3.94. The van der Waals surface area contributed by atoms with Gasteiger partial charge in [-0.05, 0) is 49.6 Å². The first-order valence-electron chi connectivity index (χ1n) is 10.2. The lowest BCUT2D eigenvalue weighted by Gasteiger charge is -2.30.